The Morgan fingerprint density at radius 2 is 1.76 bits per heavy atom. The highest BCUT2D eigenvalue weighted by atomic mass is 16.2. The van der Waals surface area contributed by atoms with E-state index >= 15 is 0 Å². The zero-order valence-corrected chi connectivity index (χ0v) is 17.0. The van der Waals surface area contributed by atoms with Gasteiger partial charge in [0.25, 0.3) is 0 Å². The van der Waals surface area contributed by atoms with Crippen LogP contribution in [0.15, 0.2) is 60.7 Å². The first-order valence-corrected chi connectivity index (χ1v) is 10.1. The summed E-state index contributed by atoms with van der Waals surface area (Å²) in [6.07, 6.45) is 4.59. The molecule has 1 N–H and O–H groups in total. The molecule has 5 nitrogen and oxygen atoms in total. The number of nitrogens with zero attached hydrogens (tertiary/aromatic N) is 2. The molecule has 1 heterocycles. The third kappa shape index (κ3) is 6.88. The van der Waals surface area contributed by atoms with Crippen LogP contribution >= 0.6 is 0 Å². The smallest absolute Gasteiger partial charge is 0.242 e. The Hall–Kier alpha value is -2.92. The van der Waals surface area contributed by atoms with Gasteiger partial charge in [0.05, 0.1) is 13.0 Å². The maximum atomic E-state index is 12.4. The van der Waals surface area contributed by atoms with Gasteiger partial charge in [0.15, 0.2) is 0 Å². The quantitative estimate of drug-likeness (QED) is 0.789. The number of hydrogen-bond acceptors (Lipinski definition) is 3. The average Bonchev–Trinajstić information content (AvgIpc) is 2.73. The van der Waals surface area contributed by atoms with E-state index in [1.54, 1.807) is 0 Å². The van der Waals surface area contributed by atoms with Gasteiger partial charge in [0, 0.05) is 32.7 Å². The van der Waals surface area contributed by atoms with Gasteiger partial charge >= 0.3 is 0 Å². The normalized spacial score (nSPS) is 14.9. The Labute approximate surface area is 173 Å². The maximum absolute atomic E-state index is 12.4. The minimum absolute atomic E-state index is 0.0120. The number of carbonyl (C=O) groups excluding carboxylic acids is 2. The van der Waals surface area contributed by atoms with Crippen molar-refractivity contribution >= 4 is 17.9 Å². The van der Waals surface area contributed by atoms with Crippen LogP contribution in [0.25, 0.3) is 6.08 Å². The van der Waals surface area contributed by atoms with Crippen LogP contribution in [-0.2, 0) is 16.0 Å². The molecular weight excluding hydrogens is 362 g/mol. The molecule has 0 saturated carbocycles. The van der Waals surface area contributed by atoms with Crippen molar-refractivity contribution in [1.82, 2.24) is 15.1 Å². The number of carbonyl (C=O) groups is 2. The van der Waals surface area contributed by atoms with Gasteiger partial charge in [-0.3, -0.25) is 14.5 Å². The van der Waals surface area contributed by atoms with Gasteiger partial charge < -0.3 is 10.2 Å². The predicted octanol–water partition coefficient (Wildman–Crippen LogP) is 2.51. The minimum Gasteiger partial charge on any atom is -0.347 e. The number of nitrogens with one attached hydrogen (secondary N) is 1. The van der Waals surface area contributed by atoms with Crippen molar-refractivity contribution < 1.29 is 9.59 Å². The van der Waals surface area contributed by atoms with Gasteiger partial charge in [0.1, 0.15) is 0 Å². The zero-order valence-electron chi connectivity index (χ0n) is 17.0. The lowest BCUT2D eigenvalue weighted by molar-refractivity contribution is -0.134. The van der Waals surface area contributed by atoms with Crippen molar-refractivity contribution in [2.45, 2.75) is 13.3 Å². The molecule has 0 aliphatic carbocycles. The fraction of sp³-hybridized carbons (Fsp3) is 0.333. The van der Waals surface area contributed by atoms with Crippen LogP contribution in [0.2, 0.25) is 0 Å². The summed E-state index contributed by atoms with van der Waals surface area (Å²) in [7, 11) is 0. The van der Waals surface area contributed by atoms with E-state index in [2.05, 4.69) is 34.5 Å². The van der Waals surface area contributed by atoms with Gasteiger partial charge in [0.2, 0.25) is 11.8 Å². The van der Waals surface area contributed by atoms with Crippen LogP contribution in [0, 0.1) is 6.92 Å². The fourth-order valence-electron chi connectivity index (χ4n) is 3.44. The summed E-state index contributed by atoms with van der Waals surface area (Å²) in [5.41, 5.74) is 3.29. The first-order valence-electron chi connectivity index (χ1n) is 10.1. The number of benzene rings is 2. The zero-order chi connectivity index (χ0) is 20.5. The number of amides is 2. The van der Waals surface area contributed by atoms with E-state index in [-0.39, 0.29) is 18.4 Å². The number of hydrogen-bond donors (Lipinski definition) is 1. The van der Waals surface area contributed by atoms with Crippen molar-refractivity contribution in [2.24, 2.45) is 0 Å². The van der Waals surface area contributed by atoms with Gasteiger partial charge in [-0.25, -0.2) is 0 Å². The summed E-state index contributed by atoms with van der Waals surface area (Å²) in [5, 5.41) is 2.76. The number of aryl methyl sites for hydroxylation is 1. The molecule has 0 unspecified atom stereocenters. The van der Waals surface area contributed by atoms with E-state index in [1.165, 1.54) is 5.56 Å². The maximum Gasteiger partial charge on any atom is 0.242 e. The van der Waals surface area contributed by atoms with Crippen LogP contribution < -0.4 is 5.32 Å². The average molecular weight is 392 g/mol. The molecule has 2 aromatic rings. The lowest BCUT2D eigenvalue weighted by Crippen LogP contribution is -2.51. The summed E-state index contributed by atoms with van der Waals surface area (Å²) in [6.45, 7) is 6.05. The molecular formula is C24H29N3O2. The van der Waals surface area contributed by atoms with Gasteiger partial charge in [-0.2, -0.15) is 0 Å². The Kier molecular flexibility index (Phi) is 7.59. The standard InChI is InChI=1S/C24H29N3O2/c1-20-7-5-10-22(17-20)18-23(28)25-19-24(29)27-15-13-26(14-16-27)12-6-11-21-8-3-2-4-9-21/h2-11,17H,12-16,18-19H2,1H3,(H,25,28)/b11-6+. The summed E-state index contributed by atoms with van der Waals surface area (Å²) < 4.78 is 0. The summed E-state index contributed by atoms with van der Waals surface area (Å²) in [5.74, 6) is -0.129. The molecule has 0 radical (unpaired) electrons. The Balaban J connectivity index is 1.35. The van der Waals surface area contributed by atoms with Crippen LogP contribution in [0.5, 0.6) is 0 Å². The van der Waals surface area contributed by atoms with Crippen molar-refractivity contribution in [3.05, 3.63) is 77.4 Å². The van der Waals surface area contributed by atoms with E-state index in [0.29, 0.717) is 19.5 Å². The van der Waals surface area contributed by atoms with E-state index in [4.69, 9.17) is 0 Å². The second-order valence-electron chi connectivity index (χ2n) is 7.44. The molecule has 29 heavy (non-hydrogen) atoms. The van der Waals surface area contributed by atoms with Crippen molar-refractivity contribution in [2.75, 3.05) is 39.3 Å². The van der Waals surface area contributed by atoms with E-state index in [1.807, 2.05) is 54.3 Å². The summed E-state index contributed by atoms with van der Waals surface area (Å²) >= 11 is 0. The molecule has 2 amide bonds. The molecule has 2 aromatic carbocycles. The predicted molar refractivity (Wildman–Crippen MR) is 116 cm³/mol. The lowest BCUT2D eigenvalue weighted by atomic mass is 10.1. The molecule has 152 valence electrons. The second kappa shape index (κ2) is 10.6. The fourth-order valence-corrected chi connectivity index (χ4v) is 3.44. The van der Waals surface area contributed by atoms with Crippen LogP contribution in [0.4, 0.5) is 0 Å². The number of piperazine rings is 1. The van der Waals surface area contributed by atoms with Crippen molar-refractivity contribution in [1.29, 1.82) is 0 Å². The van der Waals surface area contributed by atoms with Gasteiger partial charge in [-0.05, 0) is 18.1 Å². The lowest BCUT2D eigenvalue weighted by Gasteiger charge is -2.34. The molecule has 1 fully saturated rings. The van der Waals surface area contributed by atoms with Crippen LogP contribution in [0.1, 0.15) is 16.7 Å². The second-order valence-corrected chi connectivity index (χ2v) is 7.44. The molecule has 0 aromatic heterocycles. The third-order valence-corrected chi connectivity index (χ3v) is 5.08. The Morgan fingerprint density at radius 1 is 1.00 bits per heavy atom. The van der Waals surface area contributed by atoms with Crippen LogP contribution in [-0.4, -0.2) is 60.9 Å². The minimum atomic E-state index is -0.117. The molecule has 5 heteroatoms. The largest absolute Gasteiger partial charge is 0.347 e. The topological polar surface area (TPSA) is 52.7 Å². The molecule has 1 aliphatic rings. The monoisotopic (exact) mass is 391 g/mol. The first kappa shape index (κ1) is 20.8. The molecule has 1 aliphatic heterocycles. The highest BCUT2D eigenvalue weighted by molar-refractivity contribution is 5.85. The molecule has 3 rings (SSSR count). The first-order chi connectivity index (χ1) is 14.1. The SMILES string of the molecule is Cc1cccc(CC(=O)NCC(=O)N2CCN(C/C=C/c3ccccc3)CC2)c1. The highest BCUT2D eigenvalue weighted by Gasteiger charge is 2.20. The van der Waals surface area contributed by atoms with E-state index in [9.17, 15) is 9.59 Å². The molecule has 1 saturated heterocycles. The third-order valence-electron chi connectivity index (χ3n) is 5.08. The van der Waals surface area contributed by atoms with Gasteiger partial charge in [-0.15, -0.1) is 0 Å². The van der Waals surface area contributed by atoms with Crippen molar-refractivity contribution in [3.8, 4) is 0 Å². The van der Waals surface area contributed by atoms with Crippen molar-refractivity contribution in [3.63, 3.8) is 0 Å². The highest BCUT2D eigenvalue weighted by Crippen LogP contribution is 2.06. The Morgan fingerprint density at radius 3 is 2.48 bits per heavy atom. The summed E-state index contributed by atoms with van der Waals surface area (Å²) in [4.78, 5) is 28.7. The van der Waals surface area contributed by atoms with Gasteiger partial charge in [-0.1, -0.05) is 72.3 Å². The molecule has 0 atom stereocenters. The van der Waals surface area contributed by atoms with E-state index < -0.39 is 0 Å². The molecule has 0 spiro atoms. The molecule has 0 bridgehead atoms. The number of rotatable bonds is 7. The Bertz CT molecular complexity index is 840. The summed E-state index contributed by atoms with van der Waals surface area (Å²) in [6, 6.07) is 18.1. The van der Waals surface area contributed by atoms with Crippen LogP contribution in [0.3, 0.4) is 0 Å². The van der Waals surface area contributed by atoms with E-state index in [0.717, 1.165) is 30.8 Å².